The van der Waals surface area contributed by atoms with Crippen LogP contribution in [0.1, 0.15) is 33.0 Å². The predicted molar refractivity (Wildman–Crippen MR) is 68.0 cm³/mol. The summed E-state index contributed by atoms with van der Waals surface area (Å²) >= 11 is 0. The lowest BCUT2D eigenvalue weighted by Gasteiger charge is -2.52. The van der Waals surface area contributed by atoms with E-state index in [9.17, 15) is 0 Å². The summed E-state index contributed by atoms with van der Waals surface area (Å²) in [5.74, 6) is 1.05. The Hall–Kier alpha value is -0.800. The first kappa shape index (κ1) is 12.7. The van der Waals surface area contributed by atoms with Crippen molar-refractivity contribution in [2.45, 2.75) is 51.8 Å². The monoisotopic (exact) mass is 237 g/mol. The molecule has 17 heavy (non-hydrogen) atoms. The van der Waals surface area contributed by atoms with Gasteiger partial charge in [0.2, 0.25) is 0 Å². The summed E-state index contributed by atoms with van der Waals surface area (Å²) in [6.45, 7) is 6.74. The van der Waals surface area contributed by atoms with Gasteiger partial charge in [0, 0.05) is 31.0 Å². The molecule has 1 N–H and O–H groups in total. The van der Waals surface area contributed by atoms with Crippen molar-refractivity contribution >= 4 is 0 Å². The van der Waals surface area contributed by atoms with Crippen molar-refractivity contribution in [1.82, 2.24) is 5.32 Å². The molecule has 0 radical (unpaired) electrons. The van der Waals surface area contributed by atoms with E-state index in [0.29, 0.717) is 18.2 Å². The van der Waals surface area contributed by atoms with Gasteiger partial charge in [0.05, 0.1) is 12.4 Å². The van der Waals surface area contributed by atoms with Crippen LogP contribution in [0.3, 0.4) is 0 Å². The maximum atomic E-state index is 5.46. The minimum Gasteiger partial charge on any atom is -0.469 e. The molecule has 2 rings (SSSR count). The van der Waals surface area contributed by atoms with Gasteiger partial charge in [-0.2, -0.15) is 0 Å². The Labute approximate surface area is 104 Å². The van der Waals surface area contributed by atoms with Crippen LogP contribution in [-0.4, -0.2) is 25.3 Å². The van der Waals surface area contributed by atoms with Gasteiger partial charge in [-0.3, -0.25) is 0 Å². The van der Waals surface area contributed by atoms with E-state index >= 15 is 0 Å². The Kier molecular flexibility index (Phi) is 3.59. The third-order valence-electron chi connectivity index (χ3n) is 4.04. The third-order valence-corrected chi connectivity index (χ3v) is 4.04. The minimum atomic E-state index is 0.228. The van der Waals surface area contributed by atoms with Crippen LogP contribution in [0.25, 0.3) is 0 Å². The standard InChI is InChI=1S/C14H23NO2/c1-10(8-11-6-5-7-17-11)15-12-9-13(16-4)14(12,2)3/h5-7,10,12-13,15H,8-9H2,1-4H3. The van der Waals surface area contributed by atoms with Gasteiger partial charge in [-0.15, -0.1) is 0 Å². The van der Waals surface area contributed by atoms with E-state index in [0.717, 1.165) is 18.6 Å². The summed E-state index contributed by atoms with van der Waals surface area (Å²) in [6, 6.07) is 4.94. The summed E-state index contributed by atoms with van der Waals surface area (Å²) in [4.78, 5) is 0. The Bertz CT molecular complexity index is 345. The molecule has 1 fully saturated rings. The molecule has 3 atom stereocenters. The topological polar surface area (TPSA) is 34.4 Å². The first-order chi connectivity index (χ1) is 8.04. The van der Waals surface area contributed by atoms with E-state index in [1.54, 1.807) is 13.4 Å². The van der Waals surface area contributed by atoms with Gasteiger partial charge >= 0.3 is 0 Å². The Morgan fingerprint density at radius 3 is 2.88 bits per heavy atom. The van der Waals surface area contributed by atoms with E-state index in [-0.39, 0.29) is 5.41 Å². The number of nitrogens with one attached hydrogen (secondary N) is 1. The third kappa shape index (κ3) is 2.55. The molecule has 96 valence electrons. The van der Waals surface area contributed by atoms with Gasteiger partial charge < -0.3 is 14.5 Å². The molecule has 1 heterocycles. The van der Waals surface area contributed by atoms with Crippen LogP contribution in [0.5, 0.6) is 0 Å². The molecule has 1 aliphatic rings. The van der Waals surface area contributed by atoms with Crippen molar-refractivity contribution in [2.24, 2.45) is 5.41 Å². The lowest BCUT2D eigenvalue weighted by Crippen LogP contribution is -2.62. The van der Waals surface area contributed by atoms with Gasteiger partial charge in [-0.25, -0.2) is 0 Å². The van der Waals surface area contributed by atoms with Crippen LogP contribution in [-0.2, 0) is 11.2 Å². The fourth-order valence-corrected chi connectivity index (χ4v) is 2.70. The number of furan rings is 1. The van der Waals surface area contributed by atoms with Crippen molar-refractivity contribution in [3.05, 3.63) is 24.2 Å². The molecular weight excluding hydrogens is 214 g/mol. The normalized spacial score (nSPS) is 28.7. The van der Waals surface area contributed by atoms with Crippen LogP contribution in [0.4, 0.5) is 0 Å². The molecule has 1 saturated carbocycles. The first-order valence-corrected chi connectivity index (χ1v) is 6.35. The average molecular weight is 237 g/mol. The van der Waals surface area contributed by atoms with E-state index in [2.05, 4.69) is 26.1 Å². The molecule has 0 spiro atoms. The highest BCUT2D eigenvalue weighted by Gasteiger charge is 2.48. The number of hydrogen-bond acceptors (Lipinski definition) is 3. The Morgan fingerprint density at radius 2 is 2.35 bits per heavy atom. The molecule has 1 aromatic rings. The summed E-state index contributed by atoms with van der Waals surface area (Å²) in [7, 11) is 1.80. The number of rotatable bonds is 5. The molecule has 3 heteroatoms. The molecule has 0 saturated heterocycles. The van der Waals surface area contributed by atoms with E-state index in [4.69, 9.17) is 9.15 Å². The van der Waals surface area contributed by atoms with Crippen LogP contribution in [0.2, 0.25) is 0 Å². The molecule has 0 amide bonds. The van der Waals surface area contributed by atoms with Crippen LogP contribution >= 0.6 is 0 Å². The Morgan fingerprint density at radius 1 is 1.59 bits per heavy atom. The lowest BCUT2D eigenvalue weighted by molar-refractivity contribution is -0.0998. The Balaban J connectivity index is 1.82. The van der Waals surface area contributed by atoms with Crippen LogP contribution in [0, 0.1) is 5.41 Å². The molecule has 3 nitrogen and oxygen atoms in total. The van der Waals surface area contributed by atoms with E-state index < -0.39 is 0 Å². The second-order valence-electron chi connectivity index (χ2n) is 5.69. The van der Waals surface area contributed by atoms with Crippen molar-refractivity contribution in [1.29, 1.82) is 0 Å². The van der Waals surface area contributed by atoms with Gasteiger partial charge in [-0.05, 0) is 25.5 Å². The first-order valence-electron chi connectivity index (χ1n) is 6.35. The van der Waals surface area contributed by atoms with Crippen LogP contribution in [0.15, 0.2) is 22.8 Å². The highest BCUT2D eigenvalue weighted by Crippen LogP contribution is 2.42. The average Bonchev–Trinajstić information content (AvgIpc) is 2.76. The molecule has 1 aliphatic carbocycles. The summed E-state index contributed by atoms with van der Waals surface area (Å²) in [6.07, 6.45) is 4.16. The van der Waals surface area contributed by atoms with Gasteiger partial charge in [0.15, 0.2) is 0 Å². The molecule has 1 aromatic heterocycles. The number of methoxy groups -OCH3 is 1. The molecular formula is C14H23NO2. The number of hydrogen-bond donors (Lipinski definition) is 1. The summed E-state index contributed by atoms with van der Waals surface area (Å²) < 4.78 is 10.8. The van der Waals surface area contributed by atoms with Crippen LogP contribution < -0.4 is 5.32 Å². The zero-order chi connectivity index (χ0) is 12.5. The van der Waals surface area contributed by atoms with Crippen molar-refractivity contribution in [3.8, 4) is 0 Å². The largest absolute Gasteiger partial charge is 0.469 e. The van der Waals surface area contributed by atoms with Crippen molar-refractivity contribution < 1.29 is 9.15 Å². The summed E-state index contributed by atoms with van der Waals surface area (Å²) in [5.41, 5.74) is 0.228. The summed E-state index contributed by atoms with van der Waals surface area (Å²) in [5, 5.41) is 3.67. The second kappa shape index (κ2) is 4.83. The van der Waals surface area contributed by atoms with Gasteiger partial charge in [-0.1, -0.05) is 13.8 Å². The zero-order valence-corrected chi connectivity index (χ0v) is 11.2. The predicted octanol–water partition coefficient (Wildman–Crippen LogP) is 2.61. The fourth-order valence-electron chi connectivity index (χ4n) is 2.70. The number of ether oxygens (including phenoxy) is 1. The van der Waals surface area contributed by atoms with Gasteiger partial charge in [0.1, 0.15) is 5.76 Å². The smallest absolute Gasteiger partial charge is 0.105 e. The van der Waals surface area contributed by atoms with Crippen molar-refractivity contribution in [3.63, 3.8) is 0 Å². The van der Waals surface area contributed by atoms with E-state index in [1.807, 2.05) is 12.1 Å². The molecule has 3 unspecified atom stereocenters. The second-order valence-corrected chi connectivity index (χ2v) is 5.69. The van der Waals surface area contributed by atoms with E-state index in [1.165, 1.54) is 0 Å². The maximum absolute atomic E-state index is 5.46. The molecule has 0 bridgehead atoms. The molecule has 0 aromatic carbocycles. The molecule has 0 aliphatic heterocycles. The highest BCUT2D eigenvalue weighted by molar-refractivity contribution is 5.05. The van der Waals surface area contributed by atoms with Gasteiger partial charge in [0.25, 0.3) is 0 Å². The SMILES string of the molecule is COC1CC(NC(C)Cc2ccco2)C1(C)C. The van der Waals surface area contributed by atoms with Crippen molar-refractivity contribution in [2.75, 3.05) is 7.11 Å². The lowest BCUT2D eigenvalue weighted by atomic mass is 9.64. The quantitative estimate of drug-likeness (QED) is 0.855. The minimum absolute atomic E-state index is 0.228. The zero-order valence-electron chi connectivity index (χ0n) is 11.2. The highest BCUT2D eigenvalue weighted by atomic mass is 16.5. The maximum Gasteiger partial charge on any atom is 0.105 e. The fraction of sp³-hybridized carbons (Fsp3) is 0.714.